The summed E-state index contributed by atoms with van der Waals surface area (Å²) in [6.07, 6.45) is 0. The Bertz CT molecular complexity index is 120. The third kappa shape index (κ3) is 3.54. The molecule has 0 aromatic carbocycles. The van der Waals surface area contributed by atoms with E-state index in [1.54, 1.807) is 11.8 Å². The molecule has 0 aliphatic heterocycles. The monoisotopic (exact) mass is 161 g/mol. The molecule has 0 saturated heterocycles. The average molecular weight is 161 g/mol. The first-order chi connectivity index (χ1) is 4.22. The molecule has 0 aliphatic carbocycles. The van der Waals surface area contributed by atoms with Gasteiger partial charge >= 0.3 is 0 Å². The molecule has 0 spiro atoms. The van der Waals surface area contributed by atoms with E-state index in [0.717, 1.165) is 15.6 Å². The second-order valence-electron chi connectivity index (χ2n) is 1.44. The molecule has 0 radical (unpaired) electrons. The van der Waals surface area contributed by atoms with E-state index in [-0.39, 0.29) is 0 Å². The van der Waals surface area contributed by atoms with Crippen molar-refractivity contribution in [1.82, 2.24) is 5.32 Å². The Labute approximate surface area is 65.9 Å². The SMILES string of the molecule is C=C(SCC)C(=S)NC. The summed E-state index contributed by atoms with van der Waals surface area (Å²) in [6, 6.07) is 0. The van der Waals surface area contributed by atoms with Gasteiger partial charge in [0.15, 0.2) is 0 Å². The van der Waals surface area contributed by atoms with Crippen LogP contribution in [0.4, 0.5) is 0 Å². The molecule has 0 amide bonds. The third-order valence-corrected chi connectivity index (χ3v) is 2.22. The lowest BCUT2D eigenvalue weighted by atomic mass is 10.6. The molecule has 0 aliphatic rings. The van der Waals surface area contributed by atoms with Gasteiger partial charge in [-0.15, -0.1) is 11.8 Å². The van der Waals surface area contributed by atoms with Crippen LogP contribution in [-0.4, -0.2) is 17.8 Å². The molecular formula is C6H11NS2. The fourth-order valence-electron chi connectivity index (χ4n) is 0.379. The highest BCUT2D eigenvalue weighted by Gasteiger charge is 1.96. The summed E-state index contributed by atoms with van der Waals surface area (Å²) in [5.41, 5.74) is 0. The highest BCUT2D eigenvalue weighted by molar-refractivity contribution is 8.05. The van der Waals surface area contributed by atoms with Gasteiger partial charge in [0, 0.05) is 12.0 Å². The van der Waals surface area contributed by atoms with Gasteiger partial charge in [0.1, 0.15) is 4.99 Å². The van der Waals surface area contributed by atoms with E-state index in [2.05, 4.69) is 18.8 Å². The zero-order valence-corrected chi connectivity index (χ0v) is 7.36. The van der Waals surface area contributed by atoms with Crippen molar-refractivity contribution in [2.45, 2.75) is 6.92 Å². The van der Waals surface area contributed by atoms with Gasteiger partial charge in [0.25, 0.3) is 0 Å². The van der Waals surface area contributed by atoms with Crippen LogP contribution in [0.15, 0.2) is 11.5 Å². The molecule has 0 rings (SSSR count). The summed E-state index contributed by atoms with van der Waals surface area (Å²) < 4.78 is 0. The van der Waals surface area contributed by atoms with E-state index in [0.29, 0.717) is 0 Å². The van der Waals surface area contributed by atoms with Crippen LogP contribution in [0.3, 0.4) is 0 Å². The van der Waals surface area contributed by atoms with E-state index in [1.165, 1.54) is 0 Å². The van der Waals surface area contributed by atoms with Gasteiger partial charge in [-0.25, -0.2) is 0 Å². The second kappa shape index (κ2) is 4.82. The Kier molecular flexibility index (Phi) is 4.81. The van der Waals surface area contributed by atoms with E-state index in [1.807, 2.05) is 7.05 Å². The number of nitrogens with one attached hydrogen (secondary N) is 1. The standard InChI is InChI=1S/C6H11NS2/c1-4-9-5(2)6(8)7-3/h2,4H2,1,3H3,(H,7,8). The predicted molar refractivity (Wildman–Crippen MR) is 48.9 cm³/mol. The smallest absolute Gasteiger partial charge is 0.112 e. The number of thiocarbonyl (C=S) groups is 1. The maximum atomic E-state index is 4.91. The van der Waals surface area contributed by atoms with Crippen molar-refractivity contribution < 1.29 is 0 Å². The normalized spacial score (nSPS) is 8.67. The Morgan fingerprint density at radius 2 is 2.33 bits per heavy atom. The minimum atomic E-state index is 0.752. The number of hydrogen-bond acceptors (Lipinski definition) is 2. The first-order valence-corrected chi connectivity index (χ1v) is 4.15. The second-order valence-corrected chi connectivity index (χ2v) is 3.20. The molecule has 0 heterocycles. The van der Waals surface area contributed by atoms with Gasteiger partial charge in [-0.1, -0.05) is 25.7 Å². The third-order valence-electron chi connectivity index (χ3n) is 0.799. The summed E-state index contributed by atoms with van der Waals surface area (Å²) in [5, 5.41) is 2.86. The molecule has 0 aromatic heterocycles. The molecular weight excluding hydrogens is 150 g/mol. The van der Waals surface area contributed by atoms with Crippen molar-refractivity contribution in [3.8, 4) is 0 Å². The molecule has 0 atom stereocenters. The fourth-order valence-corrected chi connectivity index (χ4v) is 1.14. The Morgan fingerprint density at radius 1 is 1.78 bits per heavy atom. The van der Waals surface area contributed by atoms with Gasteiger partial charge in [0.05, 0.1) is 0 Å². The van der Waals surface area contributed by atoms with Crippen LogP contribution in [0.1, 0.15) is 6.92 Å². The van der Waals surface area contributed by atoms with Crippen molar-refractivity contribution in [2.75, 3.05) is 12.8 Å². The lowest BCUT2D eigenvalue weighted by molar-refractivity contribution is 1.21. The van der Waals surface area contributed by atoms with Crippen LogP contribution >= 0.6 is 24.0 Å². The average Bonchev–Trinajstić information content (AvgIpc) is 1.87. The molecule has 1 nitrogen and oxygen atoms in total. The summed E-state index contributed by atoms with van der Waals surface area (Å²) in [5.74, 6) is 1.03. The van der Waals surface area contributed by atoms with E-state index in [9.17, 15) is 0 Å². The topological polar surface area (TPSA) is 12.0 Å². The van der Waals surface area contributed by atoms with Crippen LogP contribution in [0.5, 0.6) is 0 Å². The quantitative estimate of drug-likeness (QED) is 0.501. The Morgan fingerprint density at radius 3 is 2.67 bits per heavy atom. The first kappa shape index (κ1) is 8.98. The molecule has 0 unspecified atom stereocenters. The molecule has 0 saturated carbocycles. The summed E-state index contributed by atoms with van der Waals surface area (Å²) >= 11 is 6.58. The van der Waals surface area contributed by atoms with Crippen LogP contribution < -0.4 is 5.32 Å². The van der Waals surface area contributed by atoms with Gasteiger partial charge in [0.2, 0.25) is 0 Å². The van der Waals surface area contributed by atoms with Crippen molar-refractivity contribution >= 4 is 29.0 Å². The van der Waals surface area contributed by atoms with Gasteiger partial charge in [-0.2, -0.15) is 0 Å². The van der Waals surface area contributed by atoms with E-state index < -0.39 is 0 Å². The van der Waals surface area contributed by atoms with Gasteiger partial charge < -0.3 is 5.32 Å². The van der Waals surface area contributed by atoms with Crippen molar-refractivity contribution in [3.05, 3.63) is 11.5 Å². The van der Waals surface area contributed by atoms with Crippen molar-refractivity contribution in [2.24, 2.45) is 0 Å². The van der Waals surface area contributed by atoms with E-state index >= 15 is 0 Å². The molecule has 52 valence electrons. The lowest BCUT2D eigenvalue weighted by Crippen LogP contribution is -2.15. The Hall–Kier alpha value is -0.0200. The zero-order chi connectivity index (χ0) is 7.28. The highest BCUT2D eigenvalue weighted by atomic mass is 32.2. The lowest BCUT2D eigenvalue weighted by Gasteiger charge is -2.02. The first-order valence-electron chi connectivity index (χ1n) is 2.76. The number of rotatable bonds is 3. The zero-order valence-electron chi connectivity index (χ0n) is 5.73. The molecule has 3 heteroatoms. The van der Waals surface area contributed by atoms with E-state index in [4.69, 9.17) is 12.2 Å². The van der Waals surface area contributed by atoms with Crippen LogP contribution in [-0.2, 0) is 0 Å². The maximum Gasteiger partial charge on any atom is 0.112 e. The van der Waals surface area contributed by atoms with Crippen molar-refractivity contribution in [3.63, 3.8) is 0 Å². The van der Waals surface area contributed by atoms with Gasteiger partial charge in [-0.3, -0.25) is 0 Å². The molecule has 0 fully saturated rings. The molecule has 0 bridgehead atoms. The number of thioether (sulfide) groups is 1. The van der Waals surface area contributed by atoms with Crippen molar-refractivity contribution in [1.29, 1.82) is 0 Å². The van der Waals surface area contributed by atoms with Crippen LogP contribution in [0.2, 0.25) is 0 Å². The number of likely N-dealkylation sites (N-methyl/N-ethyl adjacent to an activating group) is 1. The number of hydrogen-bond donors (Lipinski definition) is 1. The summed E-state index contributed by atoms with van der Waals surface area (Å²) in [4.78, 5) is 1.71. The molecule has 1 N–H and O–H groups in total. The predicted octanol–water partition coefficient (Wildman–Crippen LogP) is 1.80. The summed E-state index contributed by atoms with van der Waals surface area (Å²) in [7, 11) is 1.81. The molecule has 0 aromatic rings. The Balaban J connectivity index is 3.60. The maximum absolute atomic E-state index is 4.91. The van der Waals surface area contributed by atoms with Crippen LogP contribution in [0.25, 0.3) is 0 Å². The largest absolute Gasteiger partial charge is 0.378 e. The summed E-state index contributed by atoms with van der Waals surface area (Å²) in [6.45, 7) is 5.85. The van der Waals surface area contributed by atoms with Gasteiger partial charge in [-0.05, 0) is 5.75 Å². The van der Waals surface area contributed by atoms with Crippen LogP contribution in [0, 0.1) is 0 Å². The minimum Gasteiger partial charge on any atom is -0.378 e. The fraction of sp³-hybridized carbons (Fsp3) is 0.500. The molecule has 9 heavy (non-hydrogen) atoms. The highest BCUT2D eigenvalue weighted by Crippen LogP contribution is 2.12. The minimum absolute atomic E-state index is 0.752.